The monoisotopic (exact) mass is 131 g/mol. The second-order valence-corrected chi connectivity index (χ2v) is 1.84. The molecular formula is C5H9NO3. The van der Waals surface area contributed by atoms with Gasteiger partial charge in [0.1, 0.15) is 5.71 Å². The average molecular weight is 131 g/mol. The van der Waals surface area contributed by atoms with Crippen molar-refractivity contribution in [1.82, 2.24) is 0 Å². The minimum Gasteiger partial charge on any atom is -0.477 e. The Hall–Kier alpha value is -0.900. The van der Waals surface area contributed by atoms with Crippen LogP contribution in [0.4, 0.5) is 0 Å². The maximum absolute atomic E-state index is 9.90. The Balaban J connectivity index is 3.65. The van der Waals surface area contributed by atoms with E-state index in [1.165, 1.54) is 6.92 Å². The van der Waals surface area contributed by atoms with E-state index < -0.39 is 17.8 Å². The molecule has 0 rings (SSSR count). The number of hydrogen-bond acceptors (Lipinski definition) is 3. The third kappa shape index (κ3) is 3.66. The number of hydrogen-bond donors (Lipinski definition) is 3. The Morgan fingerprint density at radius 3 is 2.33 bits per heavy atom. The standard InChI is InChI=1S/C5H9NO3/c1-3(7)2-4(6)5(8)9/h3,6-7H,2H2,1H3,(H,8,9). The summed E-state index contributed by atoms with van der Waals surface area (Å²) in [5, 5.41) is 23.4. The molecule has 0 aliphatic heterocycles. The molecule has 0 heterocycles. The second-order valence-electron chi connectivity index (χ2n) is 1.84. The number of carboxylic acid groups (broad SMARTS) is 1. The third-order valence-electron chi connectivity index (χ3n) is 0.758. The molecule has 0 fully saturated rings. The molecule has 0 aromatic heterocycles. The first kappa shape index (κ1) is 8.10. The molecule has 0 amide bonds. The van der Waals surface area contributed by atoms with Crippen molar-refractivity contribution in [2.75, 3.05) is 0 Å². The summed E-state index contributed by atoms with van der Waals surface area (Å²) in [6.45, 7) is 1.44. The van der Waals surface area contributed by atoms with E-state index in [9.17, 15) is 4.79 Å². The average Bonchev–Trinajstić information content (AvgIpc) is 1.63. The molecule has 0 saturated carbocycles. The van der Waals surface area contributed by atoms with E-state index in [0.717, 1.165) is 0 Å². The Bertz CT molecular complexity index is 130. The Morgan fingerprint density at radius 2 is 2.22 bits per heavy atom. The van der Waals surface area contributed by atoms with E-state index in [0.29, 0.717) is 0 Å². The SMILES string of the molecule is CC(O)CC(=N)C(=O)O. The van der Waals surface area contributed by atoms with Gasteiger partial charge in [-0.15, -0.1) is 0 Å². The summed E-state index contributed by atoms with van der Waals surface area (Å²) in [6, 6.07) is 0. The van der Waals surface area contributed by atoms with E-state index in [4.69, 9.17) is 15.6 Å². The smallest absolute Gasteiger partial charge is 0.349 e. The molecule has 4 heteroatoms. The van der Waals surface area contributed by atoms with Gasteiger partial charge in [0, 0.05) is 6.42 Å². The zero-order chi connectivity index (χ0) is 7.44. The molecule has 0 aromatic carbocycles. The first-order chi connectivity index (χ1) is 4.04. The number of carbonyl (C=O) groups is 1. The fourth-order valence-corrected chi connectivity index (χ4v) is 0.383. The second kappa shape index (κ2) is 3.19. The molecule has 0 aliphatic rings. The fraction of sp³-hybridized carbons (Fsp3) is 0.600. The van der Waals surface area contributed by atoms with E-state index in [1.807, 2.05) is 0 Å². The topological polar surface area (TPSA) is 81.4 Å². The quantitative estimate of drug-likeness (QED) is 0.466. The first-order valence-electron chi connectivity index (χ1n) is 2.53. The Kier molecular flexibility index (Phi) is 2.87. The predicted octanol–water partition coefficient (Wildman–Crippen LogP) is -0.138. The van der Waals surface area contributed by atoms with Gasteiger partial charge in [-0.25, -0.2) is 4.79 Å². The van der Waals surface area contributed by atoms with Crippen LogP contribution in [0.5, 0.6) is 0 Å². The molecule has 0 aromatic rings. The number of aliphatic hydroxyl groups excluding tert-OH is 1. The summed E-state index contributed by atoms with van der Waals surface area (Å²) >= 11 is 0. The number of rotatable bonds is 3. The molecule has 1 atom stereocenters. The molecule has 0 aliphatic carbocycles. The van der Waals surface area contributed by atoms with Gasteiger partial charge in [-0.1, -0.05) is 0 Å². The first-order valence-corrected chi connectivity index (χ1v) is 2.53. The van der Waals surface area contributed by atoms with E-state index >= 15 is 0 Å². The van der Waals surface area contributed by atoms with Crippen LogP contribution in [0.3, 0.4) is 0 Å². The highest BCUT2D eigenvalue weighted by Gasteiger charge is 2.08. The predicted molar refractivity (Wildman–Crippen MR) is 31.7 cm³/mol. The maximum atomic E-state index is 9.90. The normalized spacial score (nSPS) is 12.7. The molecule has 9 heavy (non-hydrogen) atoms. The van der Waals surface area contributed by atoms with Crippen LogP contribution >= 0.6 is 0 Å². The minimum atomic E-state index is -1.27. The van der Waals surface area contributed by atoms with Gasteiger partial charge in [0.05, 0.1) is 6.10 Å². The van der Waals surface area contributed by atoms with Gasteiger partial charge in [0.2, 0.25) is 0 Å². The lowest BCUT2D eigenvalue weighted by molar-refractivity contribution is -0.129. The van der Waals surface area contributed by atoms with Crippen molar-refractivity contribution < 1.29 is 15.0 Å². The summed E-state index contributed by atoms with van der Waals surface area (Å²) in [5.41, 5.74) is -0.454. The summed E-state index contributed by atoms with van der Waals surface area (Å²) in [7, 11) is 0. The molecule has 0 spiro atoms. The summed E-state index contributed by atoms with van der Waals surface area (Å²) in [4.78, 5) is 9.90. The van der Waals surface area contributed by atoms with Crippen LogP contribution in [0, 0.1) is 5.41 Å². The number of carboxylic acids is 1. The van der Waals surface area contributed by atoms with Crippen LogP contribution in [-0.4, -0.2) is 28.0 Å². The number of nitrogens with one attached hydrogen (secondary N) is 1. The lowest BCUT2D eigenvalue weighted by atomic mass is 10.2. The molecule has 52 valence electrons. The maximum Gasteiger partial charge on any atom is 0.349 e. The summed E-state index contributed by atoms with van der Waals surface area (Å²) in [6.07, 6.45) is -0.830. The van der Waals surface area contributed by atoms with Crippen LogP contribution in [0.15, 0.2) is 0 Å². The summed E-state index contributed by atoms with van der Waals surface area (Å²) in [5.74, 6) is -1.27. The van der Waals surface area contributed by atoms with Crippen molar-refractivity contribution in [3.8, 4) is 0 Å². The highest BCUT2D eigenvalue weighted by molar-refractivity contribution is 6.34. The molecule has 0 radical (unpaired) electrons. The van der Waals surface area contributed by atoms with Gasteiger partial charge in [0.15, 0.2) is 0 Å². The van der Waals surface area contributed by atoms with Crippen molar-refractivity contribution in [1.29, 1.82) is 5.41 Å². The third-order valence-corrected chi connectivity index (χ3v) is 0.758. The van der Waals surface area contributed by atoms with Crippen molar-refractivity contribution >= 4 is 11.7 Å². The van der Waals surface area contributed by atoms with Crippen LogP contribution in [0.25, 0.3) is 0 Å². The Labute approximate surface area is 52.6 Å². The van der Waals surface area contributed by atoms with E-state index in [-0.39, 0.29) is 6.42 Å². The fourth-order valence-electron chi connectivity index (χ4n) is 0.383. The van der Waals surface area contributed by atoms with Gasteiger partial charge in [-0.2, -0.15) is 0 Å². The van der Waals surface area contributed by atoms with Crippen LogP contribution < -0.4 is 0 Å². The zero-order valence-corrected chi connectivity index (χ0v) is 5.09. The molecule has 0 saturated heterocycles. The molecule has 0 bridgehead atoms. The molecule has 4 nitrogen and oxygen atoms in total. The van der Waals surface area contributed by atoms with E-state index in [2.05, 4.69) is 0 Å². The summed E-state index contributed by atoms with van der Waals surface area (Å²) < 4.78 is 0. The zero-order valence-electron chi connectivity index (χ0n) is 5.09. The highest BCUT2D eigenvalue weighted by Crippen LogP contribution is 1.90. The van der Waals surface area contributed by atoms with Crippen molar-refractivity contribution in [2.45, 2.75) is 19.4 Å². The molecule has 1 unspecified atom stereocenters. The van der Waals surface area contributed by atoms with Crippen LogP contribution in [0.2, 0.25) is 0 Å². The van der Waals surface area contributed by atoms with Gasteiger partial charge in [0.25, 0.3) is 0 Å². The number of aliphatic hydroxyl groups is 1. The van der Waals surface area contributed by atoms with Crippen molar-refractivity contribution in [3.05, 3.63) is 0 Å². The lowest BCUT2D eigenvalue weighted by Gasteiger charge is -1.99. The lowest BCUT2D eigenvalue weighted by Crippen LogP contribution is -2.17. The molecule has 3 N–H and O–H groups in total. The van der Waals surface area contributed by atoms with Crippen LogP contribution in [-0.2, 0) is 4.79 Å². The molecular weight excluding hydrogens is 122 g/mol. The largest absolute Gasteiger partial charge is 0.477 e. The van der Waals surface area contributed by atoms with Gasteiger partial charge in [-0.05, 0) is 6.92 Å². The van der Waals surface area contributed by atoms with Crippen molar-refractivity contribution in [2.24, 2.45) is 0 Å². The Morgan fingerprint density at radius 1 is 1.78 bits per heavy atom. The van der Waals surface area contributed by atoms with Gasteiger partial charge >= 0.3 is 5.97 Å². The van der Waals surface area contributed by atoms with Gasteiger partial charge < -0.3 is 10.2 Å². The van der Waals surface area contributed by atoms with E-state index in [1.54, 1.807) is 0 Å². The minimum absolute atomic E-state index is 0.0880. The number of aliphatic carboxylic acids is 1. The highest BCUT2D eigenvalue weighted by atomic mass is 16.4. The van der Waals surface area contributed by atoms with Gasteiger partial charge in [-0.3, -0.25) is 5.41 Å². The van der Waals surface area contributed by atoms with Crippen molar-refractivity contribution in [3.63, 3.8) is 0 Å². The van der Waals surface area contributed by atoms with Crippen LogP contribution in [0.1, 0.15) is 13.3 Å².